The molecule has 0 spiro atoms. The molecule has 2 aromatic rings. The predicted octanol–water partition coefficient (Wildman–Crippen LogP) is 2.64. The third-order valence-electron chi connectivity index (χ3n) is 3.38. The van der Waals surface area contributed by atoms with Gasteiger partial charge < -0.3 is 15.5 Å². The molecule has 1 aromatic heterocycles. The fraction of sp³-hybridized carbons (Fsp3) is 0.312. The van der Waals surface area contributed by atoms with E-state index in [0.29, 0.717) is 0 Å². The van der Waals surface area contributed by atoms with Gasteiger partial charge in [0.2, 0.25) is 5.91 Å². The molecular formula is C16H20N2O2. The van der Waals surface area contributed by atoms with Gasteiger partial charge in [-0.1, -0.05) is 30.3 Å². The van der Waals surface area contributed by atoms with E-state index in [9.17, 15) is 4.79 Å². The van der Waals surface area contributed by atoms with Crippen molar-refractivity contribution in [1.29, 1.82) is 0 Å². The van der Waals surface area contributed by atoms with Crippen LogP contribution in [-0.4, -0.2) is 5.91 Å². The third kappa shape index (κ3) is 2.91. The van der Waals surface area contributed by atoms with Crippen LogP contribution < -0.4 is 11.1 Å². The molecule has 106 valence electrons. The molecule has 0 bridgehead atoms. The van der Waals surface area contributed by atoms with Crippen molar-refractivity contribution in [2.45, 2.75) is 32.4 Å². The fourth-order valence-corrected chi connectivity index (χ4v) is 2.02. The first kappa shape index (κ1) is 14.3. The lowest BCUT2D eigenvalue weighted by atomic mass is 9.92. The maximum atomic E-state index is 12.4. The number of hydrogen-bond donors (Lipinski definition) is 2. The van der Waals surface area contributed by atoms with Gasteiger partial charge in [0.1, 0.15) is 17.1 Å². The van der Waals surface area contributed by atoms with E-state index in [1.807, 2.05) is 56.3 Å². The topological polar surface area (TPSA) is 68.3 Å². The summed E-state index contributed by atoms with van der Waals surface area (Å²) in [5.74, 6) is 1.31. The number of amides is 1. The highest BCUT2D eigenvalue weighted by Crippen LogP contribution is 2.21. The highest BCUT2D eigenvalue weighted by atomic mass is 16.3. The second-order valence-electron chi connectivity index (χ2n) is 5.21. The molecule has 1 aromatic carbocycles. The molecule has 1 amide bonds. The second kappa shape index (κ2) is 5.51. The molecule has 20 heavy (non-hydrogen) atoms. The summed E-state index contributed by atoms with van der Waals surface area (Å²) in [6.45, 7) is 5.45. The van der Waals surface area contributed by atoms with Gasteiger partial charge in [-0.15, -0.1) is 0 Å². The summed E-state index contributed by atoms with van der Waals surface area (Å²) in [5, 5.41) is 2.89. The quantitative estimate of drug-likeness (QED) is 0.899. The van der Waals surface area contributed by atoms with Crippen molar-refractivity contribution in [1.82, 2.24) is 5.32 Å². The van der Waals surface area contributed by atoms with Crippen LogP contribution in [-0.2, 0) is 10.3 Å². The van der Waals surface area contributed by atoms with Gasteiger partial charge in [-0.3, -0.25) is 4.79 Å². The molecule has 4 heteroatoms. The van der Waals surface area contributed by atoms with Crippen LogP contribution in [0.1, 0.15) is 37.0 Å². The van der Waals surface area contributed by atoms with Crippen LogP contribution in [0.4, 0.5) is 0 Å². The van der Waals surface area contributed by atoms with Gasteiger partial charge in [0, 0.05) is 0 Å². The molecular weight excluding hydrogens is 252 g/mol. The van der Waals surface area contributed by atoms with Crippen LogP contribution in [0.2, 0.25) is 0 Å². The van der Waals surface area contributed by atoms with Crippen molar-refractivity contribution in [3.05, 3.63) is 59.5 Å². The van der Waals surface area contributed by atoms with E-state index in [4.69, 9.17) is 10.2 Å². The molecule has 4 nitrogen and oxygen atoms in total. The van der Waals surface area contributed by atoms with Crippen LogP contribution in [0.15, 0.2) is 46.9 Å². The molecule has 0 aliphatic heterocycles. The van der Waals surface area contributed by atoms with Crippen molar-refractivity contribution >= 4 is 5.91 Å². The molecule has 0 saturated carbocycles. The zero-order valence-corrected chi connectivity index (χ0v) is 12.0. The minimum Gasteiger partial charge on any atom is -0.464 e. The van der Waals surface area contributed by atoms with E-state index in [0.717, 1.165) is 17.1 Å². The maximum Gasteiger partial charge on any atom is 0.244 e. The van der Waals surface area contributed by atoms with Crippen molar-refractivity contribution in [3.63, 3.8) is 0 Å². The van der Waals surface area contributed by atoms with Crippen molar-refractivity contribution in [2.75, 3.05) is 0 Å². The fourth-order valence-electron chi connectivity index (χ4n) is 2.02. The van der Waals surface area contributed by atoms with Crippen molar-refractivity contribution in [3.8, 4) is 0 Å². The first-order valence-corrected chi connectivity index (χ1v) is 6.63. The monoisotopic (exact) mass is 272 g/mol. The zero-order chi connectivity index (χ0) is 14.8. The molecule has 0 fully saturated rings. The van der Waals surface area contributed by atoms with Crippen LogP contribution in [0.3, 0.4) is 0 Å². The lowest BCUT2D eigenvalue weighted by Crippen LogP contribution is -2.49. The van der Waals surface area contributed by atoms with Crippen molar-refractivity contribution < 1.29 is 9.21 Å². The average Bonchev–Trinajstić information content (AvgIpc) is 2.86. The minimum absolute atomic E-state index is 0.220. The molecule has 0 aliphatic rings. The van der Waals surface area contributed by atoms with Gasteiger partial charge in [-0.2, -0.15) is 0 Å². The van der Waals surface area contributed by atoms with Crippen LogP contribution in [0.25, 0.3) is 0 Å². The minimum atomic E-state index is -1.07. The normalized spacial score (nSPS) is 15.4. The lowest BCUT2D eigenvalue weighted by Gasteiger charge is -2.25. The Morgan fingerprint density at radius 3 is 2.45 bits per heavy atom. The van der Waals surface area contributed by atoms with Gasteiger partial charge in [0.25, 0.3) is 0 Å². The number of nitrogens with two attached hydrogens (primary N) is 1. The summed E-state index contributed by atoms with van der Waals surface area (Å²) in [6.07, 6.45) is 0. The summed E-state index contributed by atoms with van der Waals surface area (Å²) in [4.78, 5) is 12.4. The Balaban J connectivity index is 2.11. The lowest BCUT2D eigenvalue weighted by molar-refractivity contribution is -0.126. The molecule has 0 saturated heterocycles. The summed E-state index contributed by atoms with van der Waals surface area (Å²) in [5.41, 5.74) is 5.88. The highest BCUT2D eigenvalue weighted by molar-refractivity contribution is 5.87. The molecule has 0 radical (unpaired) electrons. The number of hydrogen-bond acceptors (Lipinski definition) is 3. The van der Waals surface area contributed by atoms with Gasteiger partial charge in [0.05, 0.1) is 6.04 Å². The summed E-state index contributed by atoms with van der Waals surface area (Å²) in [7, 11) is 0. The largest absolute Gasteiger partial charge is 0.464 e. The highest BCUT2D eigenvalue weighted by Gasteiger charge is 2.31. The zero-order valence-electron chi connectivity index (χ0n) is 12.0. The second-order valence-corrected chi connectivity index (χ2v) is 5.21. The molecule has 2 unspecified atom stereocenters. The Bertz CT molecular complexity index is 588. The Hall–Kier alpha value is -2.07. The van der Waals surface area contributed by atoms with Gasteiger partial charge in [-0.25, -0.2) is 0 Å². The van der Waals surface area contributed by atoms with E-state index in [1.54, 1.807) is 6.92 Å². The standard InChI is InChI=1S/C16H20N2O2/c1-11-9-10-14(20-11)12(2)18-15(19)16(3,17)13-7-5-4-6-8-13/h4-10,12H,17H2,1-3H3,(H,18,19). The van der Waals surface area contributed by atoms with E-state index in [1.165, 1.54) is 0 Å². The van der Waals surface area contributed by atoms with E-state index in [2.05, 4.69) is 5.32 Å². The Morgan fingerprint density at radius 2 is 1.90 bits per heavy atom. The van der Waals surface area contributed by atoms with Crippen LogP contribution >= 0.6 is 0 Å². The van der Waals surface area contributed by atoms with E-state index < -0.39 is 5.54 Å². The molecule has 2 rings (SSSR count). The third-order valence-corrected chi connectivity index (χ3v) is 3.38. The first-order chi connectivity index (χ1) is 9.41. The van der Waals surface area contributed by atoms with Gasteiger partial charge >= 0.3 is 0 Å². The molecule has 1 heterocycles. The van der Waals surface area contributed by atoms with Crippen molar-refractivity contribution in [2.24, 2.45) is 5.73 Å². The number of aryl methyl sites for hydroxylation is 1. The van der Waals surface area contributed by atoms with E-state index >= 15 is 0 Å². The number of benzene rings is 1. The smallest absolute Gasteiger partial charge is 0.244 e. The first-order valence-electron chi connectivity index (χ1n) is 6.63. The molecule has 3 N–H and O–H groups in total. The SMILES string of the molecule is Cc1ccc(C(C)NC(=O)C(C)(N)c2ccccc2)o1. The Morgan fingerprint density at radius 1 is 1.25 bits per heavy atom. The number of nitrogens with one attached hydrogen (secondary N) is 1. The van der Waals surface area contributed by atoms with Crippen LogP contribution in [0.5, 0.6) is 0 Å². The number of carbonyl (C=O) groups excluding carboxylic acids is 1. The molecule has 2 atom stereocenters. The number of carbonyl (C=O) groups is 1. The predicted molar refractivity (Wildman–Crippen MR) is 78.0 cm³/mol. The Kier molecular flexibility index (Phi) is 3.95. The Labute approximate surface area is 119 Å². The number of rotatable bonds is 4. The van der Waals surface area contributed by atoms with Crippen LogP contribution in [0, 0.1) is 6.92 Å². The summed E-state index contributed by atoms with van der Waals surface area (Å²) in [6, 6.07) is 12.8. The average molecular weight is 272 g/mol. The van der Waals surface area contributed by atoms with E-state index in [-0.39, 0.29) is 11.9 Å². The van der Waals surface area contributed by atoms with Gasteiger partial charge in [-0.05, 0) is 38.5 Å². The number of furan rings is 1. The molecule has 0 aliphatic carbocycles. The summed E-state index contributed by atoms with van der Waals surface area (Å²) >= 11 is 0. The summed E-state index contributed by atoms with van der Waals surface area (Å²) < 4.78 is 5.51. The van der Waals surface area contributed by atoms with Gasteiger partial charge in [0.15, 0.2) is 0 Å². The maximum absolute atomic E-state index is 12.4.